The largest absolute Gasteiger partial charge is 0.322 e. The third kappa shape index (κ3) is 3.36. The minimum absolute atomic E-state index is 0.273. The minimum Gasteiger partial charge on any atom is -0.322 e. The highest BCUT2D eigenvalue weighted by atomic mass is 35.5. The fraction of sp³-hybridized carbons (Fsp3) is 0. The minimum atomic E-state index is -0.358. The molecule has 0 aliphatic carbocycles. The number of amides is 1. The summed E-state index contributed by atoms with van der Waals surface area (Å²) in [7, 11) is 0. The zero-order valence-corrected chi connectivity index (χ0v) is 14.4. The van der Waals surface area contributed by atoms with Gasteiger partial charge in [0.1, 0.15) is 5.52 Å². The Morgan fingerprint density at radius 3 is 2.61 bits per heavy atom. The van der Waals surface area contributed by atoms with Gasteiger partial charge in [0.2, 0.25) is 0 Å². The van der Waals surface area contributed by atoms with Crippen LogP contribution >= 0.6 is 46.1 Å². The molecule has 1 heterocycles. The Morgan fingerprint density at radius 1 is 1.13 bits per heavy atom. The summed E-state index contributed by atoms with van der Waals surface area (Å²) in [4.78, 5) is 16.6. The Morgan fingerprint density at radius 2 is 1.91 bits per heavy atom. The Balaban J connectivity index is 1.93. The first-order chi connectivity index (χ1) is 11.0. The van der Waals surface area contributed by atoms with E-state index in [1.807, 2.05) is 0 Å². The SMILES string of the molecule is NNc1nc2c(Cl)cc(NC(=O)c3ccc(Cl)cc3Cl)cc2s1. The molecule has 9 heteroatoms. The molecule has 4 N–H and O–H groups in total. The molecule has 3 aromatic rings. The van der Waals surface area contributed by atoms with E-state index in [4.69, 9.17) is 40.6 Å². The molecule has 0 spiro atoms. The summed E-state index contributed by atoms with van der Waals surface area (Å²) in [5, 5.41) is 4.44. The smallest absolute Gasteiger partial charge is 0.257 e. The number of fused-ring (bicyclic) bond motifs is 1. The molecule has 0 aliphatic rings. The Bertz CT molecular complexity index is 912. The van der Waals surface area contributed by atoms with Crippen molar-refractivity contribution < 1.29 is 4.79 Å². The Labute approximate surface area is 150 Å². The first-order valence-corrected chi connectivity index (χ1v) is 8.26. The maximum atomic E-state index is 12.3. The predicted octanol–water partition coefficient (Wildman–Crippen LogP) is 4.79. The molecule has 0 radical (unpaired) electrons. The van der Waals surface area contributed by atoms with Crippen LogP contribution in [0.25, 0.3) is 10.2 Å². The van der Waals surface area contributed by atoms with Gasteiger partial charge in [-0.25, -0.2) is 10.8 Å². The van der Waals surface area contributed by atoms with Crippen molar-refractivity contribution >= 4 is 73.1 Å². The van der Waals surface area contributed by atoms with E-state index in [-0.39, 0.29) is 10.9 Å². The van der Waals surface area contributed by atoms with Crippen molar-refractivity contribution in [3.8, 4) is 0 Å². The number of nitrogens with two attached hydrogens (primary N) is 1. The highest BCUT2D eigenvalue weighted by Gasteiger charge is 2.14. The maximum Gasteiger partial charge on any atom is 0.257 e. The number of halogens is 3. The molecule has 118 valence electrons. The van der Waals surface area contributed by atoms with Crippen LogP contribution in [0.3, 0.4) is 0 Å². The van der Waals surface area contributed by atoms with Crippen LogP contribution in [0, 0.1) is 0 Å². The van der Waals surface area contributed by atoms with Crippen LogP contribution in [0.2, 0.25) is 15.1 Å². The highest BCUT2D eigenvalue weighted by molar-refractivity contribution is 7.22. The number of anilines is 2. The lowest BCUT2D eigenvalue weighted by molar-refractivity contribution is 0.102. The van der Waals surface area contributed by atoms with Gasteiger partial charge >= 0.3 is 0 Å². The van der Waals surface area contributed by atoms with Crippen molar-refractivity contribution in [3.05, 3.63) is 51.0 Å². The van der Waals surface area contributed by atoms with Gasteiger partial charge in [0.05, 0.1) is 20.3 Å². The second kappa shape index (κ2) is 6.51. The average molecular weight is 388 g/mol. The molecule has 5 nitrogen and oxygen atoms in total. The lowest BCUT2D eigenvalue weighted by atomic mass is 10.2. The van der Waals surface area contributed by atoms with Gasteiger partial charge in [-0.2, -0.15) is 0 Å². The van der Waals surface area contributed by atoms with Crippen LogP contribution < -0.4 is 16.6 Å². The zero-order chi connectivity index (χ0) is 16.6. The monoisotopic (exact) mass is 386 g/mol. The number of hydrogen-bond donors (Lipinski definition) is 3. The van der Waals surface area contributed by atoms with Crippen molar-refractivity contribution in [2.24, 2.45) is 5.84 Å². The number of nitrogen functional groups attached to an aromatic ring is 1. The molecule has 3 rings (SSSR count). The van der Waals surface area contributed by atoms with E-state index in [2.05, 4.69) is 15.7 Å². The first kappa shape index (κ1) is 16.3. The Kier molecular flexibility index (Phi) is 4.61. The van der Waals surface area contributed by atoms with Gasteiger partial charge in [0, 0.05) is 10.7 Å². The standard InChI is InChI=1S/C14H9Cl3N4OS/c15-6-1-2-8(9(16)3-6)13(22)19-7-4-10(17)12-11(5-7)23-14(20-12)21-18/h1-5H,18H2,(H,19,22)(H,20,21). The second-order valence-corrected chi connectivity index (χ2v) is 6.83. The summed E-state index contributed by atoms with van der Waals surface area (Å²) in [5.74, 6) is 4.99. The van der Waals surface area contributed by atoms with E-state index in [1.54, 1.807) is 24.3 Å². The first-order valence-electron chi connectivity index (χ1n) is 6.31. The van der Waals surface area contributed by atoms with Crippen LogP contribution in [-0.4, -0.2) is 10.9 Å². The molecule has 0 bridgehead atoms. The molecule has 0 saturated heterocycles. The van der Waals surface area contributed by atoms with Crippen LogP contribution in [-0.2, 0) is 0 Å². The number of aromatic nitrogens is 1. The van der Waals surface area contributed by atoms with Gasteiger partial charge in [-0.15, -0.1) is 0 Å². The molecule has 23 heavy (non-hydrogen) atoms. The average Bonchev–Trinajstić information content (AvgIpc) is 2.90. The molecular weight excluding hydrogens is 379 g/mol. The lowest BCUT2D eigenvalue weighted by Gasteiger charge is -2.07. The summed E-state index contributed by atoms with van der Waals surface area (Å²) in [5.41, 5.74) is 3.95. The van der Waals surface area contributed by atoms with Crippen LogP contribution in [0.1, 0.15) is 10.4 Å². The molecule has 0 atom stereocenters. The molecule has 2 aromatic carbocycles. The number of benzene rings is 2. The number of carbonyl (C=O) groups excluding carboxylic acids is 1. The molecule has 1 amide bonds. The number of nitrogens with one attached hydrogen (secondary N) is 2. The topological polar surface area (TPSA) is 80.0 Å². The number of nitrogens with zero attached hydrogens (tertiary/aromatic N) is 1. The van der Waals surface area contributed by atoms with E-state index in [0.717, 1.165) is 4.70 Å². The van der Waals surface area contributed by atoms with Gasteiger partial charge in [-0.3, -0.25) is 10.2 Å². The Hall–Kier alpha value is -1.57. The molecule has 0 aliphatic heterocycles. The zero-order valence-electron chi connectivity index (χ0n) is 11.4. The van der Waals surface area contributed by atoms with Gasteiger partial charge in [0.15, 0.2) is 5.13 Å². The maximum absolute atomic E-state index is 12.3. The number of rotatable bonds is 3. The lowest BCUT2D eigenvalue weighted by Crippen LogP contribution is -2.12. The summed E-state index contributed by atoms with van der Waals surface area (Å²) in [6, 6.07) is 8.05. The highest BCUT2D eigenvalue weighted by Crippen LogP contribution is 2.34. The number of hydrazine groups is 1. The molecule has 0 fully saturated rings. The van der Waals surface area contributed by atoms with Crippen molar-refractivity contribution in [1.82, 2.24) is 4.98 Å². The fourth-order valence-corrected chi connectivity index (χ4v) is 3.65. The van der Waals surface area contributed by atoms with Crippen LogP contribution in [0.4, 0.5) is 10.8 Å². The van der Waals surface area contributed by atoms with Crippen LogP contribution in [0.5, 0.6) is 0 Å². The van der Waals surface area contributed by atoms with Crippen LogP contribution in [0.15, 0.2) is 30.3 Å². The third-order valence-corrected chi connectivity index (χ3v) is 4.78. The van der Waals surface area contributed by atoms with E-state index >= 15 is 0 Å². The van der Waals surface area contributed by atoms with Gasteiger partial charge in [0.25, 0.3) is 5.91 Å². The summed E-state index contributed by atoms with van der Waals surface area (Å²) in [6.45, 7) is 0. The van der Waals surface area contributed by atoms with Gasteiger partial charge in [-0.05, 0) is 30.3 Å². The second-order valence-electron chi connectivity index (χ2n) is 4.55. The van der Waals surface area contributed by atoms with Crippen molar-refractivity contribution in [3.63, 3.8) is 0 Å². The van der Waals surface area contributed by atoms with E-state index in [9.17, 15) is 4.79 Å². The van der Waals surface area contributed by atoms with Gasteiger partial charge < -0.3 is 5.32 Å². The number of thiazole rings is 1. The predicted molar refractivity (Wildman–Crippen MR) is 96.9 cm³/mol. The van der Waals surface area contributed by atoms with E-state index in [1.165, 1.54) is 17.4 Å². The summed E-state index contributed by atoms with van der Waals surface area (Å²) in [6.07, 6.45) is 0. The number of hydrogen-bond acceptors (Lipinski definition) is 5. The third-order valence-electron chi connectivity index (χ3n) is 3.01. The van der Waals surface area contributed by atoms with Crippen molar-refractivity contribution in [2.75, 3.05) is 10.7 Å². The molecular formula is C14H9Cl3N4OS. The van der Waals surface area contributed by atoms with E-state index < -0.39 is 0 Å². The van der Waals surface area contributed by atoms with Crippen molar-refractivity contribution in [2.45, 2.75) is 0 Å². The van der Waals surface area contributed by atoms with E-state index in [0.29, 0.717) is 31.9 Å². The summed E-state index contributed by atoms with van der Waals surface area (Å²) >= 11 is 19.4. The van der Waals surface area contributed by atoms with Gasteiger partial charge in [-0.1, -0.05) is 46.1 Å². The molecule has 0 saturated carbocycles. The molecule has 1 aromatic heterocycles. The quantitative estimate of drug-likeness (QED) is 0.446. The molecule has 0 unspecified atom stereocenters. The normalized spacial score (nSPS) is 10.8. The number of carbonyl (C=O) groups is 1. The fourth-order valence-electron chi connectivity index (χ4n) is 1.99. The summed E-state index contributed by atoms with van der Waals surface area (Å²) < 4.78 is 0.794. The van der Waals surface area contributed by atoms with Crippen molar-refractivity contribution in [1.29, 1.82) is 0 Å².